The first-order valence-electron chi connectivity index (χ1n) is 5.43. The molecule has 1 saturated carbocycles. The monoisotopic (exact) mass is 257 g/mol. The first-order chi connectivity index (χ1) is 7.65. The highest BCUT2D eigenvalue weighted by Gasteiger charge is 2.22. The quantitative estimate of drug-likeness (QED) is 0.615. The van der Waals surface area contributed by atoms with Gasteiger partial charge in [-0.05, 0) is 25.1 Å². The van der Waals surface area contributed by atoms with E-state index < -0.39 is 0 Å². The third-order valence-corrected chi connectivity index (χ3v) is 3.25. The van der Waals surface area contributed by atoms with Gasteiger partial charge >= 0.3 is 0 Å². The Labute approximate surface area is 104 Å². The van der Waals surface area contributed by atoms with Crippen LogP contribution in [0.4, 0.5) is 5.82 Å². The lowest BCUT2D eigenvalue weighted by Crippen LogP contribution is -2.36. The van der Waals surface area contributed by atoms with Crippen LogP contribution in [-0.4, -0.2) is 27.2 Å². The van der Waals surface area contributed by atoms with Crippen molar-refractivity contribution in [3.05, 3.63) is 15.5 Å². The molecular weight excluding hydrogens is 242 g/mol. The summed E-state index contributed by atoms with van der Waals surface area (Å²) in [6.45, 7) is 0. The van der Waals surface area contributed by atoms with Crippen LogP contribution in [0, 0.1) is 9.41 Å². The van der Waals surface area contributed by atoms with Gasteiger partial charge in [-0.1, -0.05) is 25.1 Å². The molecule has 1 aliphatic rings. The molecule has 0 amide bonds. The zero-order chi connectivity index (χ0) is 11.5. The number of anilines is 1. The van der Waals surface area contributed by atoms with Gasteiger partial charge in [0.1, 0.15) is 10.5 Å². The lowest BCUT2D eigenvalue weighted by Gasteiger charge is -2.28. The molecule has 16 heavy (non-hydrogen) atoms. The summed E-state index contributed by atoms with van der Waals surface area (Å²) in [5, 5.41) is 13.1. The molecule has 1 aromatic rings. The van der Waals surface area contributed by atoms with Gasteiger partial charge in [-0.2, -0.15) is 0 Å². The molecule has 2 rings (SSSR count). The van der Waals surface area contributed by atoms with E-state index in [9.17, 15) is 5.11 Å². The summed E-state index contributed by atoms with van der Waals surface area (Å²) >= 11 is 10.0. The Balaban J connectivity index is 2.13. The average Bonchev–Trinajstić information content (AvgIpc) is 2.20. The van der Waals surface area contributed by atoms with E-state index in [0.717, 1.165) is 31.5 Å². The highest BCUT2D eigenvalue weighted by molar-refractivity contribution is 7.72. The van der Waals surface area contributed by atoms with Crippen molar-refractivity contribution < 1.29 is 5.11 Å². The van der Waals surface area contributed by atoms with Gasteiger partial charge in [-0.15, -0.1) is 0 Å². The summed E-state index contributed by atoms with van der Waals surface area (Å²) < 4.78 is 1.09. The van der Waals surface area contributed by atoms with Crippen molar-refractivity contribution >= 4 is 30.3 Å². The van der Waals surface area contributed by atoms with Gasteiger partial charge in [0.25, 0.3) is 0 Å². The molecule has 1 heterocycles. The fourth-order valence-corrected chi connectivity index (χ4v) is 2.53. The summed E-state index contributed by atoms with van der Waals surface area (Å²) in [5.41, 5.74) is 0. The minimum absolute atomic E-state index is 0.0937. The molecule has 1 fully saturated rings. The van der Waals surface area contributed by atoms with Crippen molar-refractivity contribution in [3.63, 3.8) is 0 Å². The number of aromatic nitrogens is 2. The predicted octanol–water partition coefficient (Wildman–Crippen LogP) is 2.52. The standard InChI is InChI=1S/C10H15N3OS2/c14-7-4-2-1-3-6(7)11-8-5-9(15)13-10(16)12-8/h5-7,14H,1-4H2,(H3,11,12,13,15,16). The molecule has 0 bridgehead atoms. The van der Waals surface area contributed by atoms with Crippen molar-refractivity contribution in [1.29, 1.82) is 0 Å². The summed E-state index contributed by atoms with van der Waals surface area (Å²) in [6.07, 6.45) is 3.80. The fraction of sp³-hybridized carbons (Fsp3) is 0.600. The number of H-pyrrole nitrogens is 2. The summed E-state index contributed by atoms with van der Waals surface area (Å²) in [6, 6.07) is 1.88. The molecular formula is C10H15N3OS2. The van der Waals surface area contributed by atoms with Crippen LogP contribution in [-0.2, 0) is 0 Å². The van der Waals surface area contributed by atoms with E-state index in [0.29, 0.717) is 9.41 Å². The molecule has 0 radical (unpaired) electrons. The van der Waals surface area contributed by atoms with Crippen LogP contribution >= 0.6 is 24.4 Å². The normalized spacial score (nSPS) is 25.3. The molecule has 1 aliphatic carbocycles. The maximum absolute atomic E-state index is 9.83. The Morgan fingerprint density at radius 2 is 2.00 bits per heavy atom. The molecule has 1 aromatic heterocycles. The van der Waals surface area contributed by atoms with Gasteiger partial charge in [0.2, 0.25) is 0 Å². The van der Waals surface area contributed by atoms with Gasteiger partial charge in [0, 0.05) is 6.07 Å². The smallest absolute Gasteiger partial charge is 0.177 e. The molecule has 4 N–H and O–H groups in total. The minimum Gasteiger partial charge on any atom is -0.391 e. The SMILES string of the molecule is OC1CCCCC1Nc1cc(=S)[nH]c(=S)[nH]1. The first kappa shape index (κ1) is 11.8. The van der Waals surface area contributed by atoms with Crippen LogP contribution in [0.2, 0.25) is 0 Å². The molecule has 88 valence electrons. The van der Waals surface area contributed by atoms with E-state index >= 15 is 0 Å². The molecule has 4 nitrogen and oxygen atoms in total. The molecule has 6 heteroatoms. The number of nitrogens with one attached hydrogen (secondary N) is 3. The second kappa shape index (κ2) is 5.07. The van der Waals surface area contributed by atoms with E-state index in [2.05, 4.69) is 15.3 Å². The second-order valence-corrected chi connectivity index (χ2v) is 4.95. The van der Waals surface area contributed by atoms with Crippen LogP contribution < -0.4 is 5.32 Å². The molecule has 2 unspecified atom stereocenters. The molecule has 0 aromatic carbocycles. The van der Waals surface area contributed by atoms with Crippen LogP contribution in [0.1, 0.15) is 25.7 Å². The Bertz CT molecular complexity index is 439. The van der Waals surface area contributed by atoms with Crippen LogP contribution in [0.5, 0.6) is 0 Å². The molecule has 0 spiro atoms. The van der Waals surface area contributed by atoms with E-state index in [1.54, 1.807) is 6.07 Å². The zero-order valence-corrected chi connectivity index (χ0v) is 10.5. The second-order valence-electron chi connectivity index (χ2n) is 4.10. The van der Waals surface area contributed by atoms with Crippen molar-refractivity contribution in [2.24, 2.45) is 0 Å². The topological polar surface area (TPSA) is 63.8 Å². The van der Waals surface area contributed by atoms with Crippen molar-refractivity contribution in [3.8, 4) is 0 Å². The largest absolute Gasteiger partial charge is 0.391 e. The highest BCUT2D eigenvalue weighted by Crippen LogP contribution is 2.21. The van der Waals surface area contributed by atoms with Gasteiger partial charge < -0.3 is 20.4 Å². The lowest BCUT2D eigenvalue weighted by atomic mass is 9.93. The number of aliphatic hydroxyl groups is 1. The maximum atomic E-state index is 9.83. The minimum atomic E-state index is -0.284. The van der Waals surface area contributed by atoms with Crippen LogP contribution in [0.3, 0.4) is 0 Å². The summed E-state index contributed by atoms with van der Waals surface area (Å²) in [7, 11) is 0. The Kier molecular flexibility index (Phi) is 3.73. The highest BCUT2D eigenvalue weighted by atomic mass is 32.1. The van der Waals surface area contributed by atoms with Crippen LogP contribution in [0.15, 0.2) is 6.07 Å². The summed E-state index contributed by atoms with van der Waals surface area (Å²) in [5.74, 6) is 0.778. The lowest BCUT2D eigenvalue weighted by molar-refractivity contribution is 0.116. The number of rotatable bonds is 2. The fourth-order valence-electron chi connectivity index (χ4n) is 2.03. The Morgan fingerprint density at radius 3 is 2.69 bits per heavy atom. The Hall–Kier alpha value is -0.720. The maximum Gasteiger partial charge on any atom is 0.177 e. The van der Waals surface area contributed by atoms with Crippen molar-refractivity contribution in [2.75, 3.05) is 5.32 Å². The van der Waals surface area contributed by atoms with Gasteiger partial charge in [-0.25, -0.2) is 0 Å². The van der Waals surface area contributed by atoms with Crippen molar-refractivity contribution in [2.45, 2.75) is 37.8 Å². The van der Waals surface area contributed by atoms with Crippen molar-refractivity contribution in [1.82, 2.24) is 9.97 Å². The first-order valence-corrected chi connectivity index (χ1v) is 6.25. The number of aromatic amines is 2. The predicted molar refractivity (Wildman–Crippen MR) is 68.7 cm³/mol. The third-order valence-electron chi connectivity index (χ3n) is 2.83. The van der Waals surface area contributed by atoms with E-state index in [4.69, 9.17) is 24.4 Å². The molecule has 0 saturated heterocycles. The van der Waals surface area contributed by atoms with Gasteiger partial charge in [0.15, 0.2) is 4.77 Å². The van der Waals surface area contributed by atoms with Crippen LogP contribution in [0.25, 0.3) is 0 Å². The Morgan fingerprint density at radius 1 is 1.25 bits per heavy atom. The third kappa shape index (κ3) is 2.90. The average molecular weight is 257 g/mol. The number of hydrogen-bond acceptors (Lipinski definition) is 4. The zero-order valence-electron chi connectivity index (χ0n) is 8.82. The number of aliphatic hydroxyl groups excluding tert-OH is 1. The van der Waals surface area contributed by atoms with Gasteiger partial charge in [0.05, 0.1) is 12.1 Å². The van der Waals surface area contributed by atoms with Gasteiger partial charge in [-0.3, -0.25) is 0 Å². The number of hydrogen-bond donors (Lipinski definition) is 4. The molecule has 2 atom stereocenters. The van der Waals surface area contributed by atoms with E-state index in [-0.39, 0.29) is 12.1 Å². The summed E-state index contributed by atoms with van der Waals surface area (Å²) in [4.78, 5) is 5.82. The molecule has 0 aliphatic heterocycles. The van der Waals surface area contributed by atoms with E-state index in [1.807, 2.05) is 0 Å². The van der Waals surface area contributed by atoms with E-state index in [1.165, 1.54) is 0 Å².